The topological polar surface area (TPSA) is 36.1 Å². The molecule has 1 aromatic heterocycles. The summed E-state index contributed by atoms with van der Waals surface area (Å²) in [7, 11) is 0. The Labute approximate surface area is 111 Å². The van der Waals surface area contributed by atoms with E-state index in [1.54, 1.807) is 11.0 Å². The lowest BCUT2D eigenvalue weighted by molar-refractivity contribution is -0.118. The fourth-order valence-electron chi connectivity index (χ4n) is 2.05. The number of rotatable bonds is 6. The first-order valence-electron chi connectivity index (χ1n) is 6.13. The summed E-state index contributed by atoms with van der Waals surface area (Å²) in [5.74, 6) is 2.25. The maximum atomic E-state index is 13.1. The van der Waals surface area contributed by atoms with Crippen molar-refractivity contribution in [1.82, 2.24) is 9.88 Å². The van der Waals surface area contributed by atoms with Gasteiger partial charge < -0.3 is 9.88 Å². The van der Waals surface area contributed by atoms with Crippen molar-refractivity contribution in [2.45, 2.75) is 12.8 Å². The predicted octanol–water partition coefficient (Wildman–Crippen LogP) is 2.33. The van der Waals surface area contributed by atoms with Gasteiger partial charge in [0.05, 0.1) is 0 Å². The highest BCUT2D eigenvalue weighted by Crippen LogP contribution is 2.19. The SMILES string of the molecule is C#CCCN(C=O)CCc1c[nH]c2cc(F)ccc12. The number of amides is 1. The molecule has 0 atom stereocenters. The molecule has 1 heterocycles. The van der Waals surface area contributed by atoms with Gasteiger partial charge in [0.25, 0.3) is 0 Å². The highest BCUT2D eigenvalue weighted by Gasteiger charge is 2.07. The van der Waals surface area contributed by atoms with E-state index in [2.05, 4.69) is 10.9 Å². The lowest BCUT2D eigenvalue weighted by Crippen LogP contribution is -2.25. The van der Waals surface area contributed by atoms with E-state index in [9.17, 15) is 9.18 Å². The Morgan fingerprint density at radius 3 is 3.00 bits per heavy atom. The summed E-state index contributed by atoms with van der Waals surface area (Å²) in [5, 5.41) is 0.990. The molecule has 2 aromatic rings. The van der Waals surface area contributed by atoms with Crippen LogP contribution < -0.4 is 0 Å². The Morgan fingerprint density at radius 2 is 2.26 bits per heavy atom. The zero-order chi connectivity index (χ0) is 13.7. The number of benzene rings is 1. The number of nitrogens with zero attached hydrogens (tertiary/aromatic N) is 1. The lowest BCUT2D eigenvalue weighted by Gasteiger charge is -2.15. The fraction of sp³-hybridized carbons (Fsp3) is 0.267. The highest BCUT2D eigenvalue weighted by molar-refractivity contribution is 5.83. The van der Waals surface area contributed by atoms with Crippen LogP contribution in [0, 0.1) is 18.2 Å². The summed E-state index contributed by atoms with van der Waals surface area (Å²) >= 11 is 0. The van der Waals surface area contributed by atoms with E-state index in [1.807, 2.05) is 6.20 Å². The van der Waals surface area contributed by atoms with Crippen molar-refractivity contribution in [3.8, 4) is 12.3 Å². The third-order valence-corrected chi connectivity index (χ3v) is 3.09. The largest absolute Gasteiger partial charge is 0.361 e. The molecule has 3 nitrogen and oxygen atoms in total. The Hall–Kier alpha value is -2.28. The first-order chi connectivity index (χ1) is 9.24. The van der Waals surface area contributed by atoms with Crippen LogP contribution in [-0.2, 0) is 11.2 Å². The Bertz CT molecular complexity index is 612. The Morgan fingerprint density at radius 1 is 1.42 bits per heavy atom. The predicted molar refractivity (Wildman–Crippen MR) is 73.0 cm³/mol. The molecule has 0 saturated heterocycles. The molecule has 0 aliphatic heterocycles. The molecule has 0 radical (unpaired) electrons. The van der Waals surface area contributed by atoms with Crippen LogP contribution >= 0.6 is 0 Å². The average molecular weight is 258 g/mol. The molecule has 0 spiro atoms. The number of hydrogen-bond acceptors (Lipinski definition) is 1. The fourth-order valence-corrected chi connectivity index (χ4v) is 2.05. The summed E-state index contributed by atoms with van der Waals surface area (Å²) in [4.78, 5) is 15.6. The van der Waals surface area contributed by atoms with Crippen molar-refractivity contribution in [1.29, 1.82) is 0 Å². The van der Waals surface area contributed by atoms with E-state index in [-0.39, 0.29) is 5.82 Å². The molecular weight excluding hydrogens is 243 g/mol. The molecule has 0 aliphatic rings. The van der Waals surface area contributed by atoms with Gasteiger partial charge in [0.1, 0.15) is 5.82 Å². The van der Waals surface area contributed by atoms with E-state index in [0.717, 1.165) is 29.3 Å². The minimum absolute atomic E-state index is 0.260. The number of carbonyl (C=O) groups excluding carboxylic acids is 1. The van der Waals surface area contributed by atoms with E-state index < -0.39 is 0 Å². The molecule has 2 rings (SSSR count). The van der Waals surface area contributed by atoms with Crippen LogP contribution in [0.3, 0.4) is 0 Å². The third-order valence-electron chi connectivity index (χ3n) is 3.09. The molecule has 0 aliphatic carbocycles. The van der Waals surface area contributed by atoms with Gasteiger partial charge in [-0.05, 0) is 30.2 Å². The van der Waals surface area contributed by atoms with E-state index in [1.165, 1.54) is 12.1 Å². The second-order valence-electron chi connectivity index (χ2n) is 4.35. The number of fused-ring (bicyclic) bond motifs is 1. The minimum atomic E-state index is -0.260. The second-order valence-corrected chi connectivity index (χ2v) is 4.35. The molecular formula is C15H15FN2O. The molecule has 0 unspecified atom stereocenters. The Kier molecular flexibility index (Phi) is 4.19. The first-order valence-corrected chi connectivity index (χ1v) is 6.13. The summed E-state index contributed by atoms with van der Waals surface area (Å²) in [6.07, 6.45) is 9.12. The van der Waals surface area contributed by atoms with Crippen molar-refractivity contribution >= 4 is 17.3 Å². The lowest BCUT2D eigenvalue weighted by atomic mass is 10.1. The van der Waals surface area contributed by atoms with Crippen LogP contribution in [0.15, 0.2) is 24.4 Å². The number of carbonyl (C=O) groups is 1. The van der Waals surface area contributed by atoms with Gasteiger partial charge in [-0.3, -0.25) is 4.79 Å². The van der Waals surface area contributed by atoms with Gasteiger partial charge in [-0.2, -0.15) is 0 Å². The van der Waals surface area contributed by atoms with Gasteiger partial charge in [0.2, 0.25) is 6.41 Å². The molecule has 0 bridgehead atoms. The summed E-state index contributed by atoms with van der Waals surface area (Å²) in [5.41, 5.74) is 1.85. The number of H-pyrrole nitrogens is 1. The van der Waals surface area contributed by atoms with Crippen molar-refractivity contribution in [2.75, 3.05) is 13.1 Å². The molecule has 0 saturated carbocycles. The van der Waals surface area contributed by atoms with Gasteiger partial charge in [-0.25, -0.2) is 4.39 Å². The smallest absolute Gasteiger partial charge is 0.209 e. The monoisotopic (exact) mass is 258 g/mol. The number of hydrogen-bond donors (Lipinski definition) is 1. The van der Waals surface area contributed by atoms with Crippen LogP contribution in [0.25, 0.3) is 10.9 Å². The summed E-state index contributed by atoms with van der Waals surface area (Å²) in [6.45, 7) is 1.17. The van der Waals surface area contributed by atoms with Crippen LogP contribution in [0.5, 0.6) is 0 Å². The van der Waals surface area contributed by atoms with Crippen molar-refractivity contribution < 1.29 is 9.18 Å². The van der Waals surface area contributed by atoms with Crippen LogP contribution in [0.1, 0.15) is 12.0 Å². The molecule has 4 heteroatoms. The summed E-state index contributed by atoms with van der Waals surface area (Å²) in [6, 6.07) is 4.66. The molecule has 1 amide bonds. The molecule has 19 heavy (non-hydrogen) atoms. The van der Waals surface area contributed by atoms with Crippen molar-refractivity contribution in [3.05, 3.63) is 35.8 Å². The highest BCUT2D eigenvalue weighted by atomic mass is 19.1. The van der Waals surface area contributed by atoms with Gasteiger partial charge in [-0.15, -0.1) is 12.3 Å². The van der Waals surface area contributed by atoms with Gasteiger partial charge in [0, 0.05) is 36.6 Å². The number of nitrogens with one attached hydrogen (secondary N) is 1. The zero-order valence-corrected chi connectivity index (χ0v) is 10.5. The number of aromatic amines is 1. The van der Waals surface area contributed by atoms with E-state index >= 15 is 0 Å². The normalized spacial score (nSPS) is 10.3. The van der Waals surface area contributed by atoms with Crippen LogP contribution in [0.2, 0.25) is 0 Å². The zero-order valence-electron chi connectivity index (χ0n) is 10.5. The maximum Gasteiger partial charge on any atom is 0.209 e. The molecule has 1 aromatic carbocycles. The van der Waals surface area contributed by atoms with Crippen LogP contribution in [-0.4, -0.2) is 29.4 Å². The summed E-state index contributed by atoms with van der Waals surface area (Å²) < 4.78 is 13.1. The maximum absolute atomic E-state index is 13.1. The van der Waals surface area contributed by atoms with Gasteiger partial charge in [-0.1, -0.05) is 0 Å². The number of halogens is 1. The molecule has 0 fully saturated rings. The average Bonchev–Trinajstić information content (AvgIpc) is 2.81. The molecule has 1 N–H and O–H groups in total. The quantitative estimate of drug-likeness (QED) is 0.626. The van der Waals surface area contributed by atoms with Crippen LogP contribution in [0.4, 0.5) is 4.39 Å². The number of terminal acetylenes is 1. The number of aromatic nitrogens is 1. The van der Waals surface area contributed by atoms with Gasteiger partial charge >= 0.3 is 0 Å². The Balaban J connectivity index is 2.05. The second kappa shape index (κ2) is 6.05. The standard InChI is InChI=1S/C15H15FN2O/c1-2-3-7-18(11-19)8-6-12-10-17-15-9-13(16)4-5-14(12)15/h1,4-5,9-11,17H,3,6-8H2. The molecule has 98 valence electrons. The van der Waals surface area contributed by atoms with E-state index in [0.29, 0.717) is 19.5 Å². The first kappa shape index (κ1) is 13.2. The third kappa shape index (κ3) is 3.14. The van der Waals surface area contributed by atoms with Crippen molar-refractivity contribution in [3.63, 3.8) is 0 Å². The van der Waals surface area contributed by atoms with E-state index in [4.69, 9.17) is 6.42 Å². The minimum Gasteiger partial charge on any atom is -0.361 e. The van der Waals surface area contributed by atoms with Crippen molar-refractivity contribution in [2.24, 2.45) is 0 Å². The van der Waals surface area contributed by atoms with Gasteiger partial charge in [0.15, 0.2) is 0 Å².